The summed E-state index contributed by atoms with van der Waals surface area (Å²) >= 11 is 4.95. The van der Waals surface area contributed by atoms with Crippen molar-refractivity contribution in [1.29, 1.82) is 0 Å². The number of benzene rings is 3. The van der Waals surface area contributed by atoms with Gasteiger partial charge in [-0.05, 0) is 77.5 Å². The normalized spacial score (nSPS) is 12.3. The fourth-order valence-electron chi connectivity index (χ4n) is 3.16. The van der Waals surface area contributed by atoms with Crippen molar-refractivity contribution in [2.24, 2.45) is 4.99 Å². The van der Waals surface area contributed by atoms with Crippen LogP contribution < -0.4 is 9.52 Å². The zero-order valence-electron chi connectivity index (χ0n) is 16.7. The van der Waals surface area contributed by atoms with Gasteiger partial charge in [0.1, 0.15) is 5.82 Å². The number of para-hydroxylation sites is 1. The van der Waals surface area contributed by atoms with E-state index in [1.807, 2.05) is 29.7 Å². The van der Waals surface area contributed by atoms with Gasteiger partial charge in [0.2, 0.25) is 0 Å². The van der Waals surface area contributed by atoms with E-state index < -0.39 is 21.7 Å². The molecular formula is C22H17BrFN3O3S2. The first-order valence-corrected chi connectivity index (χ1v) is 12.6. The van der Waals surface area contributed by atoms with E-state index in [4.69, 9.17) is 0 Å². The lowest BCUT2D eigenvalue weighted by atomic mass is 10.2. The van der Waals surface area contributed by atoms with Gasteiger partial charge in [0.05, 0.1) is 15.1 Å². The van der Waals surface area contributed by atoms with Crippen molar-refractivity contribution in [2.45, 2.75) is 18.4 Å². The van der Waals surface area contributed by atoms with E-state index in [2.05, 4.69) is 25.6 Å². The maximum Gasteiger partial charge on any atom is 0.279 e. The predicted octanol–water partition coefficient (Wildman–Crippen LogP) is 5.17. The Morgan fingerprint density at radius 1 is 1.12 bits per heavy atom. The van der Waals surface area contributed by atoms with Gasteiger partial charge in [-0.3, -0.25) is 9.52 Å². The minimum Gasteiger partial charge on any atom is -0.316 e. The summed E-state index contributed by atoms with van der Waals surface area (Å²) in [6, 6.07) is 16.4. The Labute approximate surface area is 196 Å². The van der Waals surface area contributed by atoms with Crippen LogP contribution in [0.2, 0.25) is 0 Å². The van der Waals surface area contributed by atoms with E-state index >= 15 is 0 Å². The molecule has 4 aromatic rings. The number of sulfonamides is 1. The number of halogens is 2. The summed E-state index contributed by atoms with van der Waals surface area (Å²) in [5.74, 6) is -1.02. The number of carbonyl (C=O) groups excluding carboxylic acids is 1. The topological polar surface area (TPSA) is 80.5 Å². The van der Waals surface area contributed by atoms with Crippen molar-refractivity contribution in [1.82, 2.24) is 4.57 Å². The minimum atomic E-state index is -3.93. The predicted molar refractivity (Wildman–Crippen MR) is 127 cm³/mol. The van der Waals surface area contributed by atoms with E-state index in [0.29, 0.717) is 11.3 Å². The number of rotatable bonds is 5. The number of fused-ring (bicyclic) bond motifs is 1. The summed E-state index contributed by atoms with van der Waals surface area (Å²) in [6.45, 7) is 2.60. The van der Waals surface area contributed by atoms with E-state index in [0.717, 1.165) is 26.8 Å². The summed E-state index contributed by atoms with van der Waals surface area (Å²) < 4.78 is 44.5. The van der Waals surface area contributed by atoms with E-state index in [1.54, 1.807) is 12.1 Å². The molecular weight excluding hydrogens is 517 g/mol. The number of aromatic nitrogens is 1. The van der Waals surface area contributed by atoms with Crippen LogP contribution in [0.3, 0.4) is 0 Å². The van der Waals surface area contributed by atoms with Crippen LogP contribution >= 0.6 is 27.3 Å². The monoisotopic (exact) mass is 533 g/mol. The number of carbonyl (C=O) groups is 1. The quantitative estimate of drug-likeness (QED) is 0.384. The number of hydrogen-bond acceptors (Lipinski definition) is 4. The van der Waals surface area contributed by atoms with E-state index in [-0.39, 0.29) is 16.1 Å². The van der Waals surface area contributed by atoms with Crippen LogP contribution in [-0.2, 0) is 16.6 Å². The highest BCUT2D eigenvalue weighted by atomic mass is 79.9. The molecule has 0 unspecified atom stereocenters. The van der Waals surface area contributed by atoms with Gasteiger partial charge in [-0.2, -0.15) is 4.99 Å². The van der Waals surface area contributed by atoms with Gasteiger partial charge in [-0.1, -0.05) is 23.5 Å². The van der Waals surface area contributed by atoms with Crippen molar-refractivity contribution in [3.05, 3.63) is 87.4 Å². The number of thiazole rings is 1. The Hall–Kier alpha value is -2.82. The van der Waals surface area contributed by atoms with Crippen molar-refractivity contribution in [3.63, 3.8) is 0 Å². The van der Waals surface area contributed by atoms with Crippen molar-refractivity contribution < 1.29 is 17.6 Å². The lowest BCUT2D eigenvalue weighted by molar-refractivity contribution is 0.0998. The molecule has 0 fully saturated rings. The molecule has 0 aliphatic carbocycles. The molecule has 1 heterocycles. The maximum absolute atomic E-state index is 13.1. The SMILES string of the molecule is CCn1c(=NC(=O)c2cccc(NS(=O)(=O)c3ccc(F)cc3)c2)sc2cccc(Br)c21. The minimum absolute atomic E-state index is 0.0832. The van der Waals surface area contributed by atoms with Crippen LogP contribution in [0.1, 0.15) is 17.3 Å². The molecule has 6 nitrogen and oxygen atoms in total. The third kappa shape index (κ3) is 4.52. The van der Waals surface area contributed by atoms with Crippen LogP contribution in [0.25, 0.3) is 10.2 Å². The number of hydrogen-bond donors (Lipinski definition) is 1. The fourth-order valence-corrected chi connectivity index (χ4v) is 6.04. The first kappa shape index (κ1) is 22.4. The molecule has 0 aliphatic heterocycles. The zero-order valence-corrected chi connectivity index (χ0v) is 20.0. The highest BCUT2D eigenvalue weighted by molar-refractivity contribution is 9.10. The average Bonchev–Trinajstić information content (AvgIpc) is 3.12. The second-order valence-electron chi connectivity index (χ2n) is 6.77. The standard InChI is InChI=1S/C22H17BrFN3O3S2/c1-2-27-20-18(23)7-4-8-19(20)31-22(27)25-21(28)14-5-3-6-16(13-14)26-32(29,30)17-11-9-15(24)10-12-17/h3-13,26H,2H2,1H3. The highest BCUT2D eigenvalue weighted by Gasteiger charge is 2.16. The smallest absolute Gasteiger partial charge is 0.279 e. The summed E-state index contributed by atoms with van der Waals surface area (Å²) in [5.41, 5.74) is 1.41. The summed E-state index contributed by atoms with van der Waals surface area (Å²) in [5, 5.41) is 0. The Balaban J connectivity index is 1.67. The third-order valence-corrected chi connectivity index (χ3v) is 7.73. The lowest BCUT2D eigenvalue weighted by Crippen LogP contribution is -2.16. The Morgan fingerprint density at radius 3 is 2.56 bits per heavy atom. The summed E-state index contributed by atoms with van der Waals surface area (Å²) in [7, 11) is -3.93. The Morgan fingerprint density at radius 2 is 1.84 bits per heavy atom. The Kier molecular flexibility index (Phi) is 6.27. The second kappa shape index (κ2) is 8.97. The molecule has 1 amide bonds. The van der Waals surface area contributed by atoms with Crippen molar-refractivity contribution in [2.75, 3.05) is 4.72 Å². The number of nitrogens with zero attached hydrogens (tertiary/aromatic N) is 2. The molecule has 164 valence electrons. The molecule has 0 saturated heterocycles. The average molecular weight is 534 g/mol. The molecule has 0 radical (unpaired) electrons. The Bertz CT molecular complexity index is 1490. The maximum atomic E-state index is 13.1. The van der Waals surface area contributed by atoms with Crippen LogP contribution in [0.5, 0.6) is 0 Å². The molecule has 10 heteroatoms. The highest BCUT2D eigenvalue weighted by Crippen LogP contribution is 2.26. The van der Waals surface area contributed by atoms with Crippen LogP contribution in [-0.4, -0.2) is 18.9 Å². The number of aryl methyl sites for hydroxylation is 1. The lowest BCUT2D eigenvalue weighted by Gasteiger charge is -2.09. The fraction of sp³-hybridized carbons (Fsp3) is 0.0909. The molecule has 0 bridgehead atoms. The molecule has 0 aliphatic rings. The molecule has 0 atom stereocenters. The van der Waals surface area contributed by atoms with Crippen LogP contribution in [0, 0.1) is 5.82 Å². The van der Waals surface area contributed by atoms with Crippen molar-refractivity contribution in [3.8, 4) is 0 Å². The number of anilines is 1. The van der Waals surface area contributed by atoms with Gasteiger partial charge in [0.15, 0.2) is 4.80 Å². The van der Waals surface area contributed by atoms with Crippen molar-refractivity contribution >= 4 is 59.1 Å². The summed E-state index contributed by atoms with van der Waals surface area (Å²) in [4.78, 5) is 17.6. The largest absolute Gasteiger partial charge is 0.316 e. The second-order valence-corrected chi connectivity index (χ2v) is 10.3. The van der Waals surface area contributed by atoms with E-state index in [1.165, 1.54) is 35.6 Å². The van der Waals surface area contributed by atoms with Gasteiger partial charge in [0.25, 0.3) is 15.9 Å². The molecule has 0 saturated carbocycles. The molecule has 3 aromatic carbocycles. The van der Waals surface area contributed by atoms with Gasteiger partial charge >= 0.3 is 0 Å². The first-order chi connectivity index (χ1) is 15.3. The van der Waals surface area contributed by atoms with Crippen LogP contribution in [0.4, 0.5) is 10.1 Å². The van der Waals surface area contributed by atoms with Gasteiger partial charge in [-0.15, -0.1) is 0 Å². The third-order valence-electron chi connectivity index (χ3n) is 4.65. The summed E-state index contributed by atoms with van der Waals surface area (Å²) in [6.07, 6.45) is 0. The van der Waals surface area contributed by atoms with E-state index in [9.17, 15) is 17.6 Å². The van der Waals surface area contributed by atoms with Gasteiger partial charge in [0, 0.05) is 22.3 Å². The molecule has 1 aromatic heterocycles. The molecule has 1 N–H and O–H groups in total. The molecule has 32 heavy (non-hydrogen) atoms. The molecule has 4 rings (SSSR count). The number of amides is 1. The first-order valence-electron chi connectivity index (χ1n) is 9.54. The van der Waals surface area contributed by atoms with Crippen LogP contribution in [0.15, 0.2) is 81.1 Å². The molecule has 0 spiro atoms. The van der Waals surface area contributed by atoms with Gasteiger partial charge in [-0.25, -0.2) is 12.8 Å². The number of nitrogens with one attached hydrogen (secondary N) is 1. The zero-order chi connectivity index (χ0) is 22.9. The van der Waals surface area contributed by atoms with Gasteiger partial charge < -0.3 is 4.57 Å².